The summed E-state index contributed by atoms with van der Waals surface area (Å²) in [7, 11) is 0. The predicted octanol–water partition coefficient (Wildman–Crippen LogP) is 7.18. The third-order valence-corrected chi connectivity index (χ3v) is 9.57. The van der Waals surface area contributed by atoms with Gasteiger partial charge in [0.05, 0.1) is 24.4 Å². The number of hydrazone groups is 1. The van der Waals surface area contributed by atoms with E-state index >= 15 is 0 Å². The summed E-state index contributed by atoms with van der Waals surface area (Å²) < 4.78 is 12.9. The van der Waals surface area contributed by atoms with Gasteiger partial charge in [0.1, 0.15) is 18.1 Å². The Bertz CT molecular complexity index is 1210. The summed E-state index contributed by atoms with van der Waals surface area (Å²) in [6, 6.07) is 19.0. The van der Waals surface area contributed by atoms with Gasteiger partial charge in [0.25, 0.3) is 5.91 Å². The minimum absolute atomic E-state index is 0.108. The van der Waals surface area contributed by atoms with Gasteiger partial charge in [-0.2, -0.15) is 5.10 Å². The molecule has 3 aromatic rings. The molecular formula is C25H21Cl2IN2O3S2. The van der Waals surface area contributed by atoms with E-state index in [0.29, 0.717) is 27.0 Å². The number of rotatable bonds is 9. The molecule has 10 heteroatoms. The van der Waals surface area contributed by atoms with Crippen molar-refractivity contribution in [2.24, 2.45) is 5.10 Å². The summed E-state index contributed by atoms with van der Waals surface area (Å²) in [6.07, 6.45) is 1.58. The van der Waals surface area contributed by atoms with E-state index in [-0.39, 0.29) is 12.5 Å². The van der Waals surface area contributed by atoms with Gasteiger partial charge in [-0.3, -0.25) is 4.79 Å². The highest BCUT2D eigenvalue weighted by molar-refractivity contribution is 14.1. The van der Waals surface area contributed by atoms with E-state index in [9.17, 15) is 4.79 Å². The third-order valence-electron chi connectivity index (χ3n) is 4.88. The molecule has 0 spiro atoms. The Hall–Kier alpha value is -1.59. The molecule has 3 aromatic carbocycles. The summed E-state index contributed by atoms with van der Waals surface area (Å²) in [5.74, 6) is 3.44. The fourth-order valence-corrected chi connectivity index (χ4v) is 7.01. The van der Waals surface area contributed by atoms with Crippen LogP contribution in [0.2, 0.25) is 10.0 Å². The summed E-state index contributed by atoms with van der Waals surface area (Å²) in [6.45, 7) is 0.264. The van der Waals surface area contributed by atoms with Gasteiger partial charge in [0, 0.05) is 11.5 Å². The van der Waals surface area contributed by atoms with Crippen LogP contribution in [0.15, 0.2) is 65.8 Å². The lowest BCUT2D eigenvalue weighted by Crippen LogP contribution is -2.24. The van der Waals surface area contributed by atoms with E-state index in [1.165, 1.54) is 17.1 Å². The molecule has 1 N–H and O–H groups in total. The molecule has 0 aliphatic carbocycles. The number of nitrogens with one attached hydrogen (secondary N) is 1. The molecule has 1 aliphatic rings. The molecule has 1 heterocycles. The van der Waals surface area contributed by atoms with Crippen LogP contribution in [0.1, 0.15) is 21.3 Å². The predicted molar refractivity (Wildman–Crippen MR) is 155 cm³/mol. The molecule has 0 bridgehead atoms. The standard InChI is InChI=1S/C25H21Cl2IN2O3S2/c26-20-7-1-17(11-21(20)27)14-33-23-8-2-16(12-22(23)28)13-29-30-24(31)15-32-19-5-3-18(4-6-19)25-34-9-10-35-25/h1-8,11-13,25H,9-10,14-15H2,(H,30,31)/b29-13-. The number of benzene rings is 3. The SMILES string of the molecule is O=C(COc1ccc(C2SCCS2)cc1)N/N=C\c1ccc(OCc2ccc(Cl)c(Cl)c2)c(I)c1. The number of thioether (sulfide) groups is 2. The minimum Gasteiger partial charge on any atom is -0.488 e. The highest BCUT2D eigenvalue weighted by Crippen LogP contribution is 2.45. The number of nitrogens with zero attached hydrogens (tertiary/aromatic N) is 1. The van der Waals surface area contributed by atoms with Crippen LogP contribution >= 0.6 is 69.3 Å². The smallest absolute Gasteiger partial charge is 0.277 e. The first kappa shape index (κ1) is 26.5. The molecule has 0 unspecified atom stereocenters. The van der Waals surface area contributed by atoms with Crippen LogP contribution in [0.3, 0.4) is 0 Å². The van der Waals surface area contributed by atoms with Crippen molar-refractivity contribution in [3.63, 3.8) is 0 Å². The van der Waals surface area contributed by atoms with Gasteiger partial charge in [0.2, 0.25) is 0 Å². The van der Waals surface area contributed by atoms with Crippen LogP contribution in [-0.2, 0) is 11.4 Å². The number of hydrogen-bond donors (Lipinski definition) is 1. The fraction of sp³-hybridized carbons (Fsp3) is 0.200. The van der Waals surface area contributed by atoms with Crippen molar-refractivity contribution in [2.75, 3.05) is 18.1 Å². The second-order valence-electron chi connectivity index (χ2n) is 7.45. The molecule has 5 nitrogen and oxygen atoms in total. The molecule has 1 fully saturated rings. The lowest BCUT2D eigenvalue weighted by atomic mass is 10.2. The molecule has 35 heavy (non-hydrogen) atoms. The van der Waals surface area contributed by atoms with Gasteiger partial charge >= 0.3 is 0 Å². The Morgan fingerprint density at radius 1 is 1.03 bits per heavy atom. The Kier molecular flexibility index (Phi) is 9.91. The molecular weight excluding hydrogens is 638 g/mol. The second kappa shape index (κ2) is 13.1. The van der Waals surface area contributed by atoms with Crippen LogP contribution in [0.25, 0.3) is 0 Å². The maximum atomic E-state index is 12.1. The largest absolute Gasteiger partial charge is 0.488 e. The number of ether oxygens (including phenoxy) is 2. The van der Waals surface area contributed by atoms with Crippen molar-refractivity contribution in [3.8, 4) is 11.5 Å². The molecule has 182 valence electrons. The number of carbonyl (C=O) groups excluding carboxylic acids is 1. The van der Waals surface area contributed by atoms with E-state index in [4.69, 9.17) is 32.7 Å². The maximum Gasteiger partial charge on any atom is 0.277 e. The van der Waals surface area contributed by atoms with E-state index in [1.54, 1.807) is 18.3 Å². The van der Waals surface area contributed by atoms with E-state index in [1.807, 2.05) is 59.9 Å². The number of hydrogen-bond acceptors (Lipinski definition) is 6. The minimum atomic E-state index is -0.330. The highest BCUT2D eigenvalue weighted by Gasteiger charge is 2.18. The average Bonchev–Trinajstić information content (AvgIpc) is 3.40. The van der Waals surface area contributed by atoms with Crippen LogP contribution in [0.4, 0.5) is 0 Å². The van der Waals surface area contributed by atoms with E-state index < -0.39 is 0 Å². The Balaban J connectivity index is 1.22. The summed E-state index contributed by atoms with van der Waals surface area (Å²) >= 11 is 18.1. The summed E-state index contributed by atoms with van der Waals surface area (Å²) in [5, 5.41) is 5.03. The van der Waals surface area contributed by atoms with Gasteiger partial charge in [0.15, 0.2) is 6.61 Å². The van der Waals surface area contributed by atoms with Crippen molar-refractivity contribution < 1.29 is 14.3 Å². The van der Waals surface area contributed by atoms with Crippen LogP contribution in [0, 0.1) is 3.57 Å². The van der Waals surface area contributed by atoms with Gasteiger partial charge in [-0.05, 0) is 81.7 Å². The fourth-order valence-electron chi connectivity index (χ4n) is 3.14. The van der Waals surface area contributed by atoms with Crippen molar-refractivity contribution in [3.05, 3.63) is 91.0 Å². The van der Waals surface area contributed by atoms with Gasteiger partial charge in [-0.15, -0.1) is 23.5 Å². The van der Waals surface area contributed by atoms with Gasteiger partial charge in [-0.25, -0.2) is 5.43 Å². The average molecular weight is 659 g/mol. The zero-order valence-corrected chi connectivity index (χ0v) is 23.7. The number of carbonyl (C=O) groups is 1. The second-order valence-corrected chi connectivity index (χ2v) is 12.2. The molecule has 0 radical (unpaired) electrons. The quantitative estimate of drug-likeness (QED) is 0.150. The Labute approximate surface area is 236 Å². The number of amides is 1. The molecule has 1 saturated heterocycles. The van der Waals surface area contributed by atoms with E-state index in [0.717, 1.165) is 20.4 Å². The topological polar surface area (TPSA) is 59.9 Å². The van der Waals surface area contributed by atoms with Crippen molar-refractivity contribution >= 4 is 81.4 Å². The Morgan fingerprint density at radius 3 is 2.51 bits per heavy atom. The van der Waals surface area contributed by atoms with Gasteiger partial charge < -0.3 is 9.47 Å². The molecule has 0 aromatic heterocycles. The number of halogens is 3. The molecule has 0 saturated carbocycles. The van der Waals surface area contributed by atoms with Crippen LogP contribution in [0.5, 0.6) is 11.5 Å². The first-order valence-electron chi connectivity index (χ1n) is 10.6. The van der Waals surface area contributed by atoms with Gasteiger partial charge in [-0.1, -0.05) is 41.4 Å². The summed E-state index contributed by atoms with van der Waals surface area (Å²) in [4.78, 5) is 12.1. The van der Waals surface area contributed by atoms with Crippen molar-refractivity contribution in [1.82, 2.24) is 5.43 Å². The lowest BCUT2D eigenvalue weighted by Gasteiger charge is -2.10. The first-order chi connectivity index (χ1) is 17.0. The third kappa shape index (κ3) is 7.95. The first-order valence-corrected chi connectivity index (χ1v) is 14.6. The Morgan fingerprint density at radius 2 is 1.80 bits per heavy atom. The highest BCUT2D eigenvalue weighted by atomic mass is 127. The zero-order chi connectivity index (χ0) is 24.6. The van der Waals surface area contributed by atoms with Crippen molar-refractivity contribution in [1.29, 1.82) is 0 Å². The summed E-state index contributed by atoms with van der Waals surface area (Å²) in [5.41, 5.74) is 5.52. The monoisotopic (exact) mass is 658 g/mol. The normalized spacial score (nSPS) is 13.8. The maximum absolute atomic E-state index is 12.1. The zero-order valence-electron chi connectivity index (χ0n) is 18.4. The van der Waals surface area contributed by atoms with E-state index in [2.05, 4.69) is 45.3 Å². The van der Waals surface area contributed by atoms with Crippen LogP contribution < -0.4 is 14.9 Å². The van der Waals surface area contributed by atoms with Crippen LogP contribution in [-0.4, -0.2) is 30.2 Å². The molecule has 4 rings (SSSR count). The lowest BCUT2D eigenvalue weighted by molar-refractivity contribution is -0.123. The molecule has 0 atom stereocenters. The van der Waals surface area contributed by atoms with Crippen molar-refractivity contribution in [2.45, 2.75) is 11.2 Å². The molecule has 1 amide bonds. The molecule has 1 aliphatic heterocycles.